The minimum Gasteiger partial charge on any atom is -0.464 e. The lowest BCUT2D eigenvalue weighted by atomic mass is 10.1. The summed E-state index contributed by atoms with van der Waals surface area (Å²) in [7, 11) is 0. The van der Waals surface area contributed by atoms with Crippen LogP contribution in [0.3, 0.4) is 0 Å². The number of hydrogen-bond acceptors (Lipinski definition) is 1. The number of hydrogen-bond donors (Lipinski definition) is 1. The molecular weight excluding hydrogens is 452 g/mol. The normalized spacial score (nSPS) is 11.8. The molecule has 0 aliphatic rings. The topological polar surface area (TPSA) is 33.9 Å². The highest BCUT2D eigenvalue weighted by Crippen LogP contribution is 2.41. The molecule has 0 spiro atoms. The Hall–Kier alpha value is -5.02. The van der Waals surface area contributed by atoms with Gasteiger partial charge in [-0.2, -0.15) is 0 Å². The number of rotatable bonds is 3. The maximum absolute atomic E-state index is 5.73. The van der Waals surface area contributed by atoms with E-state index in [1.54, 1.807) is 6.26 Å². The molecule has 3 nitrogen and oxygen atoms in total. The van der Waals surface area contributed by atoms with E-state index in [-0.39, 0.29) is 0 Å². The number of nitrogens with one attached hydrogen (secondary N) is 1. The summed E-state index contributed by atoms with van der Waals surface area (Å²) in [5.41, 5.74) is 9.31. The molecule has 0 radical (unpaired) electrons. The largest absolute Gasteiger partial charge is 0.464 e. The van der Waals surface area contributed by atoms with Gasteiger partial charge in [-0.1, -0.05) is 78.9 Å². The van der Waals surface area contributed by atoms with Gasteiger partial charge in [0.2, 0.25) is 0 Å². The summed E-state index contributed by atoms with van der Waals surface area (Å²) < 4.78 is 8.15. The molecule has 8 aromatic rings. The molecule has 0 saturated heterocycles. The molecule has 8 rings (SSSR count). The molecular formula is C34H22N2O. The number of nitrogens with zero attached hydrogens (tertiary/aromatic N) is 1. The van der Waals surface area contributed by atoms with Crippen molar-refractivity contribution < 1.29 is 4.42 Å². The van der Waals surface area contributed by atoms with E-state index in [1.165, 1.54) is 43.7 Å². The predicted molar refractivity (Wildman–Crippen MR) is 153 cm³/mol. The van der Waals surface area contributed by atoms with Crippen molar-refractivity contribution in [2.75, 3.05) is 0 Å². The summed E-state index contributed by atoms with van der Waals surface area (Å²) in [4.78, 5) is 3.73. The molecule has 174 valence electrons. The van der Waals surface area contributed by atoms with Gasteiger partial charge in [0.25, 0.3) is 0 Å². The van der Waals surface area contributed by atoms with E-state index in [9.17, 15) is 0 Å². The maximum atomic E-state index is 5.73. The van der Waals surface area contributed by atoms with Crippen molar-refractivity contribution in [3.63, 3.8) is 0 Å². The minimum absolute atomic E-state index is 0.872. The Morgan fingerprint density at radius 3 is 2.16 bits per heavy atom. The predicted octanol–water partition coefficient (Wildman–Crippen LogP) is 9.35. The van der Waals surface area contributed by atoms with Crippen molar-refractivity contribution in [3.05, 3.63) is 128 Å². The number of fused-ring (bicyclic) bond motifs is 7. The average molecular weight is 475 g/mol. The molecule has 0 atom stereocenters. The van der Waals surface area contributed by atoms with Crippen LogP contribution in [0.15, 0.2) is 132 Å². The van der Waals surface area contributed by atoms with Crippen molar-refractivity contribution in [1.29, 1.82) is 0 Å². The Morgan fingerprint density at radius 1 is 0.541 bits per heavy atom. The zero-order valence-electron chi connectivity index (χ0n) is 20.0. The molecule has 0 aliphatic carbocycles. The fourth-order valence-electron chi connectivity index (χ4n) is 5.70. The fraction of sp³-hybridized carbons (Fsp3) is 0. The lowest BCUT2D eigenvalue weighted by Gasteiger charge is -2.11. The van der Waals surface area contributed by atoms with Gasteiger partial charge in [-0.25, -0.2) is 0 Å². The quantitative estimate of drug-likeness (QED) is 0.272. The highest BCUT2D eigenvalue weighted by atomic mass is 16.3. The third kappa shape index (κ3) is 3.01. The zero-order chi connectivity index (χ0) is 24.3. The number of benzene rings is 5. The third-order valence-electron chi connectivity index (χ3n) is 7.43. The molecule has 37 heavy (non-hydrogen) atoms. The second-order valence-corrected chi connectivity index (χ2v) is 9.52. The molecule has 0 bridgehead atoms. The van der Waals surface area contributed by atoms with Crippen LogP contribution < -0.4 is 0 Å². The van der Waals surface area contributed by atoms with Crippen LogP contribution in [-0.2, 0) is 0 Å². The number of aromatic nitrogens is 2. The first-order chi connectivity index (χ1) is 18.3. The third-order valence-corrected chi connectivity index (χ3v) is 7.43. The van der Waals surface area contributed by atoms with Crippen LogP contribution >= 0.6 is 0 Å². The molecule has 5 aromatic carbocycles. The highest BCUT2D eigenvalue weighted by Gasteiger charge is 2.20. The summed E-state index contributed by atoms with van der Waals surface area (Å²) in [5.74, 6) is 0.872. The number of aromatic amines is 1. The Morgan fingerprint density at radius 2 is 1.32 bits per heavy atom. The Kier molecular flexibility index (Phi) is 4.23. The van der Waals surface area contributed by atoms with Crippen LogP contribution in [-0.4, -0.2) is 9.55 Å². The van der Waals surface area contributed by atoms with Crippen molar-refractivity contribution in [1.82, 2.24) is 9.55 Å². The van der Waals surface area contributed by atoms with Gasteiger partial charge in [-0.05, 0) is 59.0 Å². The van der Waals surface area contributed by atoms with Crippen LogP contribution in [0.1, 0.15) is 0 Å². The monoisotopic (exact) mass is 474 g/mol. The van der Waals surface area contributed by atoms with Crippen LogP contribution in [0.5, 0.6) is 0 Å². The van der Waals surface area contributed by atoms with E-state index in [2.05, 4.69) is 119 Å². The number of H-pyrrole nitrogens is 1. The van der Waals surface area contributed by atoms with Crippen LogP contribution in [0, 0.1) is 0 Å². The summed E-state index contributed by atoms with van der Waals surface area (Å²) in [6, 6.07) is 43.0. The lowest BCUT2D eigenvalue weighted by molar-refractivity contribution is 0.582. The molecule has 3 heterocycles. The van der Waals surface area contributed by atoms with Crippen molar-refractivity contribution >= 4 is 43.6 Å². The molecule has 1 N–H and O–H groups in total. The summed E-state index contributed by atoms with van der Waals surface area (Å²) in [5, 5.41) is 4.87. The SMILES string of the molecule is c1ccc(-c2ccc(-n3c4c5ccccc5ccc4c4[nH]c5ccc(-c6ccco6)cc5c43)cc2)cc1. The first kappa shape index (κ1) is 20.2. The minimum atomic E-state index is 0.872. The maximum Gasteiger partial charge on any atom is 0.133 e. The smallest absolute Gasteiger partial charge is 0.133 e. The molecule has 3 heteroatoms. The summed E-state index contributed by atoms with van der Waals surface area (Å²) in [6.45, 7) is 0. The van der Waals surface area contributed by atoms with Gasteiger partial charge >= 0.3 is 0 Å². The van der Waals surface area contributed by atoms with E-state index >= 15 is 0 Å². The second-order valence-electron chi connectivity index (χ2n) is 9.52. The lowest BCUT2D eigenvalue weighted by Crippen LogP contribution is -1.94. The molecule has 0 fully saturated rings. The molecule has 0 amide bonds. The van der Waals surface area contributed by atoms with Gasteiger partial charge in [0.15, 0.2) is 0 Å². The first-order valence-electron chi connectivity index (χ1n) is 12.5. The fourth-order valence-corrected chi connectivity index (χ4v) is 5.70. The number of furan rings is 1. The van der Waals surface area contributed by atoms with E-state index in [4.69, 9.17) is 4.42 Å². The molecule has 0 unspecified atom stereocenters. The van der Waals surface area contributed by atoms with E-state index in [0.717, 1.165) is 28.0 Å². The second kappa shape index (κ2) is 7.74. The van der Waals surface area contributed by atoms with E-state index < -0.39 is 0 Å². The van der Waals surface area contributed by atoms with E-state index in [0.29, 0.717) is 0 Å². The zero-order valence-corrected chi connectivity index (χ0v) is 20.0. The van der Waals surface area contributed by atoms with Crippen LogP contribution in [0.25, 0.3) is 71.7 Å². The van der Waals surface area contributed by atoms with Gasteiger partial charge in [0.05, 0.1) is 22.8 Å². The first-order valence-corrected chi connectivity index (χ1v) is 12.5. The summed E-state index contributed by atoms with van der Waals surface area (Å²) in [6.07, 6.45) is 1.73. The van der Waals surface area contributed by atoms with Crippen molar-refractivity contribution in [2.45, 2.75) is 0 Å². The molecule has 3 aromatic heterocycles. The van der Waals surface area contributed by atoms with Crippen LogP contribution in [0.4, 0.5) is 0 Å². The van der Waals surface area contributed by atoms with Gasteiger partial charge in [-0.3, -0.25) is 0 Å². The Bertz CT molecular complexity index is 2060. The summed E-state index contributed by atoms with van der Waals surface area (Å²) >= 11 is 0. The van der Waals surface area contributed by atoms with E-state index in [1.807, 2.05) is 12.1 Å². The molecule has 0 saturated carbocycles. The van der Waals surface area contributed by atoms with Crippen LogP contribution in [0.2, 0.25) is 0 Å². The Labute approximate surface area is 213 Å². The standard InChI is InChI=1S/C34H22N2O/c1-2-7-22(8-3-1)23-12-16-26(17-13-23)36-33-27-10-5-4-9-24(27)14-18-28(33)32-34(36)29-21-25(15-19-30(29)35-32)31-11-6-20-37-31/h1-21,35H. The van der Waals surface area contributed by atoms with Gasteiger partial charge in [0, 0.05) is 32.9 Å². The van der Waals surface area contributed by atoms with Crippen molar-refractivity contribution in [2.24, 2.45) is 0 Å². The Balaban J connectivity index is 1.47. The van der Waals surface area contributed by atoms with Gasteiger partial charge in [-0.15, -0.1) is 0 Å². The highest BCUT2D eigenvalue weighted by molar-refractivity contribution is 6.23. The average Bonchev–Trinajstić information content (AvgIpc) is 3.69. The molecule has 0 aliphatic heterocycles. The van der Waals surface area contributed by atoms with Gasteiger partial charge in [0.1, 0.15) is 5.76 Å². The van der Waals surface area contributed by atoms with Crippen molar-refractivity contribution in [3.8, 4) is 28.1 Å². The van der Waals surface area contributed by atoms with Gasteiger partial charge < -0.3 is 14.0 Å².